The van der Waals surface area contributed by atoms with E-state index >= 15 is 0 Å². The molecule has 1 aromatic carbocycles. The third kappa shape index (κ3) is 2.92. The van der Waals surface area contributed by atoms with E-state index in [0.29, 0.717) is 10.5 Å². The Labute approximate surface area is 116 Å². The van der Waals surface area contributed by atoms with Crippen molar-refractivity contribution in [2.75, 3.05) is 19.6 Å². The zero-order valence-electron chi connectivity index (χ0n) is 10.3. The topological polar surface area (TPSA) is 15.3 Å². The van der Waals surface area contributed by atoms with E-state index < -0.39 is 0 Å². The van der Waals surface area contributed by atoms with Crippen LogP contribution in [0.1, 0.15) is 18.4 Å². The Morgan fingerprint density at radius 3 is 2.94 bits per heavy atom. The summed E-state index contributed by atoms with van der Waals surface area (Å²) >= 11 is 3.25. The summed E-state index contributed by atoms with van der Waals surface area (Å²) in [6, 6.07) is 5.99. The SMILES string of the molecule is Fc1ccc(CN2CCNC(C3CC3)C2)cc1Br. The van der Waals surface area contributed by atoms with Gasteiger partial charge in [-0.2, -0.15) is 0 Å². The summed E-state index contributed by atoms with van der Waals surface area (Å²) in [5, 5.41) is 3.61. The molecule has 1 aliphatic heterocycles. The van der Waals surface area contributed by atoms with E-state index in [0.717, 1.165) is 32.1 Å². The van der Waals surface area contributed by atoms with Gasteiger partial charge in [-0.1, -0.05) is 6.07 Å². The van der Waals surface area contributed by atoms with E-state index in [2.05, 4.69) is 26.1 Å². The molecule has 1 atom stereocenters. The normalized spacial score (nSPS) is 25.3. The molecular formula is C14H18BrFN2. The van der Waals surface area contributed by atoms with Crippen LogP contribution in [0.3, 0.4) is 0 Å². The predicted molar refractivity (Wildman–Crippen MR) is 73.9 cm³/mol. The van der Waals surface area contributed by atoms with Gasteiger partial charge in [0.15, 0.2) is 0 Å². The lowest BCUT2D eigenvalue weighted by Gasteiger charge is -2.34. The van der Waals surface area contributed by atoms with Gasteiger partial charge in [0, 0.05) is 32.2 Å². The third-order valence-corrected chi connectivity index (χ3v) is 4.48. The zero-order chi connectivity index (χ0) is 12.5. The van der Waals surface area contributed by atoms with E-state index in [9.17, 15) is 4.39 Å². The Kier molecular flexibility index (Phi) is 3.68. The fraction of sp³-hybridized carbons (Fsp3) is 0.571. The smallest absolute Gasteiger partial charge is 0.137 e. The highest BCUT2D eigenvalue weighted by Crippen LogP contribution is 2.33. The van der Waals surface area contributed by atoms with Gasteiger partial charge in [-0.3, -0.25) is 4.90 Å². The number of halogens is 2. The second-order valence-electron chi connectivity index (χ2n) is 5.38. The zero-order valence-corrected chi connectivity index (χ0v) is 11.9. The molecule has 1 aromatic rings. The lowest BCUT2D eigenvalue weighted by molar-refractivity contribution is 0.181. The van der Waals surface area contributed by atoms with E-state index in [-0.39, 0.29) is 5.82 Å². The van der Waals surface area contributed by atoms with Gasteiger partial charge in [-0.15, -0.1) is 0 Å². The summed E-state index contributed by atoms with van der Waals surface area (Å²) in [5.74, 6) is 0.711. The Morgan fingerprint density at radius 2 is 2.22 bits per heavy atom. The number of piperazine rings is 1. The highest BCUT2D eigenvalue weighted by atomic mass is 79.9. The van der Waals surface area contributed by atoms with Gasteiger partial charge in [0.1, 0.15) is 5.82 Å². The van der Waals surface area contributed by atoms with Crippen LogP contribution in [0, 0.1) is 11.7 Å². The molecule has 0 radical (unpaired) electrons. The summed E-state index contributed by atoms with van der Waals surface area (Å²) in [4.78, 5) is 2.47. The quantitative estimate of drug-likeness (QED) is 0.923. The molecule has 4 heteroatoms. The van der Waals surface area contributed by atoms with Gasteiger partial charge in [-0.05, 0) is 52.4 Å². The van der Waals surface area contributed by atoms with E-state index in [4.69, 9.17) is 0 Å². The van der Waals surface area contributed by atoms with Crippen LogP contribution in [-0.2, 0) is 6.54 Å². The molecular weight excluding hydrogens is 295 g/mol. The Bertz CT molecular complexity index is 434. The van der Waals surface area contributed by atoms with Gasteiger partial charge >= 0.3 is 0 Å². The number of hydrogen-bond donors (Lipinski definition) is 1. The van der Waals surface area contributed by atoms with Crippen LogP contribution in [0.4, 0.5) is 4.39 Å². The first-order valence-corrected chi connectivity index (χ1v) is 7.41. The lowest BCUT2D eigenvalue weighted by atomic mass is 10.1. The fourth-order valence-corrected chi connectivity index (χ4v) is 3.12. The van der Waals surface area contributed by atoms with Gasteiger partial charge in [-0.25, -0.2) is 4.39 Å². The first-order valence-electron chi connectivity index (χ1n) is 6.62. The fourth-order valence-electron chi connectivity index (χ4n) is 2.70. The molecule has 1 saturated heterocycles. The van der Waals surface area contributed by atoms with Crippen LogP contribution in [0.5, 0.6) is 0 Å². The molecule has 1 aliphatic carbocycles. The average Bonchev–Trinajstić information content (AvgIpc) is 3.18. The average molecular weight is 313 g/mol. The Morgan fingerprint density at radius 1 is 1.39 bits per heavy atom. The highest BCUT2D eigenvalue weighted by molar-refractivity contribution is 9.10. The minimum Gasteiger partial charge on any atom is -0.311 e. The summed E-state index contributed by atoms with van der Waals surface area (Å²) in [6.07, 6.45) is 2.77. The molecule has 18 heavy (non-hydrogen) atoms. The molecule has 98 valence electrons. The van der Waals surface area contributed by atoms with Crippen LogP contribution in [0.25, 0.3) is 0 Å². The van der Waals surface area contributed by atoms with Crippen LogP contribution in [0.2, 0.25) is 0 Å². The number of hydrogen-bond acceptors (Lipinski definition) is 2. The second-order valence-corrected chi connectivity index (χ2v) is 6.24. The van der Waals surface area contributed by atoms with Crippen molar-refractivity contribution in [2.24, 2.45) is 5.92 Å². The standard InChI is InChI=1S/C14H18BrFN2/c15-12-7-10(1-4-13(12)16)8-18-6-5-17-14(9-18)11-2-3-11/h1,4,7,11,14,17H,2-3,5-6,8-9H2. The van der Waals surface area contributed by atoms with Crippen LogP contribution >= 0.6 is 15.9 Å². The van der Waals surface area contributed by atoms with Gasteiger partial charge in [0.05, 0.1) is 4.47 Å². The highest BCUT2D eigenvalue weighted by Gasteiger charge is 2.33. The van der Waals surface area contributed by atoms with E-state index in [1.54, 1.807) is 6.07 Å². The van der Waals surface area contributed by atoms with Crippen molar-refractivity contribution in [1.82, 2.24) is 10.2 Å². The summed E-state index contributed by atoms with van der Waals surface area (Å²) in [6.45, 7) is 4.20. The molecule has 2 aliphatic rings. The lowest BCUT2D eigenvalue weighted by Crippen LogP contribution is -2.51. The molecule has 1 heterocycles. The molecule has 0 bridgehead atoms. The summed E-state index contributed by atoms with van der Waals surface area (Å²) < 4.78 is 13.7. The molecule has 3 rings (SSSR count). The van der Waals surface area contributed by atoms with E-state index in [1.807, 2.05) is 12.1 Å². The second kappa shape index (κ2) is 5.27. The van der Waals surface area contributed by atoms with Crippen molar-refractivity contribution in [3.63, 3.8) is 0 Å². The first-order chi connectivity index (χ1) is 8.72. The van der Waals surface area contributed by atoms with Crippen molar-refractivity contribution >= 4 is 15.9 Å². The van der Waals surface area contributed by atoms with Crippen molar-refractivity contribution in [3.8, 4) is 0 Å². The van der Waals surface area contributed by atoms with Crippen LogP contribution in [0.15, 0.2) is 22.7 Å². The Hall–Kier alpha value is -0.450. The monoisotopic (exact) mass is 312 g/mol. The molecule has 1 unspecified atom stereocenters. The maximum atomic E-state index is 13.2. The number of nitrogens with one attached hydrogen (secondary N) is 1. The number of rotatable bonds is 3. The van der Waals surface area contributed by atoms with Crippen molar-refractivity contribution < 1.29 is 4.39 Å². The van der Waals surface area contributed by atoms with Crippen molar-refractivity contribution in [2.45, 2.75) is 25.4 Å². The molecule has 2 fully saturated rings. The molecule has 0 amide bonds. The summed E-state index contributed by atoms with van der Waals surface area (Å²) in [5.41, 5.74) is 1.18. The minimum absolute atomic E-state index is 0.185. The first kappa shape index (κ1) is 12.6. The summed E-state index contributed by atoms with van der Waals surface area (Å²) in [7, 11) is 0. The molecule has 1 N–H and O–H groups in total. The Balaban J connectivity index is 1.62. The van der Waals surface area contributed by atoms with E-state index in [1.165, 1.54) is 18.4 Å². The van der Waals surface area contributed by atoms with Crippen molar-refractivity contribution in [1.29, 1.82) is 0 Å². The van der Waals surface area contributed by atoms with Gasteiger partial charge in [0.2, 0.25) is 0 Å². The third-order valence-electron chi connectivity index (χ3n) is 3.87. The molecule has 0 aromatic heterocycles. The molecule has 0 spiro atoms. The number of benzene rings is 1. The minimum atomic E-state index is -0.185. The largest absolute Gasteiger partial charge is 0.311 e. The van der Waals surface area contributed by atoms with Crippen LogP contribution in [-0.4, -0.2) is 30.6 Å². The predicted octanol–water partition coefficient (Wildman–Crippen LogP) is 2.77. The van der Waals surface area contributed by atoms with Crippen LogP contribution < -0.4 is 5.32 Å². The van der Waals surface area contributed by atoms with Gasteiger partial charge in [0.25, 0.3) is 0 Å². The van der Waals surface area contributed by atoms with Gasteiger partial charge < -0.3 is 5.32 Å². The molecule has 2 nitrogen and oxygen atoms in total. The van der Waals surface area contributed by atoms with Crippen molar-refractivity contribution in [3.05, 3.63) is 34.1 Å². The maximum absolute atomic E-state index is 13.2. The maximum Gasteiger partial charge on any atom is 0.137 e. The number of nitrogens with zero attached hydrogens (tertiary/aromatic N) is 1. The molecule has 1 saturated carbocycles.